The Morgan fingerprint density at radius 3 is 2.30 bits per heavy atom. The molecule has 5 nitrogen and oxygen atoms in total. The lowest BCUT2D eigenvalue weighted by Gasteiger charge is -2.22. The first-order chi connectivity index (χ1) is 12.7. The van der Waals surface area contributed by atoms with E-state index in [4.69, 9.17) is 0 Å². The second kappa shape index (κ2) is 8.99. The normalized spacial score (nSPS) is 11.4. The zero-order valence-electron chi connectivity index (χ0n) is 15.8. The van der Waals surface area contributed by atoms with Crippen molar-refractivity contribution in [1.82, 2.24) is 0 Å². The molecule has 0 saturated heterocycles. The minimum atomic E-state index is -3.65. The van der Waals surface area contributed by atoms with Gasteiger partial charge in [-0.1, -0.05) is 38.1 Å². The van der Waals surface area contributed by atoms with Gasteiger partial charge < -0.3 is 5.32 Å². The highest BCUT2D eigenvalue weighted by atomic mass is 32.2. The summed E-state index contributed by atoms with van der Waals surface area (Å²) >= 11 is 0. The highest BCUT2D eigenvalue weighted by Crippen LogP contribution is 2.22. The van der Waals surface area contributed by atoms with Crippen LogP contribution in [0.25, 0.3) is 0 Å². The van der Waals surface area contributed by atoms with Gasteiger partial charge in [-0.05, 0) is 42.2 Å². The molecule has 2 aromatic rings. The summed E-state index contributed by atoms with van der Waals surface area (Å²) in [4.78, 5) is 12.1. The number of carbonyl (C=O) groups excluding carboxylic acids is 1. The van der Waals surface area contributed by atoms with Crippen molar-refractivity contribution in [3.05, 3.63) is 59.9 Å². The molecule has 0 aliphatic carbocycles. The number of nitrogens with zero attached hydrogens (tertiary/aromatic N) is 1. The number of anilines is 2. The molecule has 0 aliphatic rings. The molecule has 0 aromatic heterocycles. The number of nitrogens with one attached hydrogen (secondary N) is 1. The number of amides is 1. The molecule has 0 fully saturated rings. The summed E-state index contributed by atoms with van der Waals surface area (Å²) in [5.41, 5.74) is 1.87. The van der Waals surface area contributed by atoms with Crippen LogP contribution in [-0.2, 0) is 14.8 Å². The number of hydrogen-bond acceptors (Lipinski definition) is 3. The van der Waals surface area contributed by atoms with Crippen LogP contribution in [0.15, 0.2) is 48.5 Å². The van der Waals surface area contributed by atoms with Crippen molar-refractivity contribution in [2.24, 2.45) is 0 Å². The number of halogens is 1. The third kappa shape index (κ3) is 6.06. The Bertz CT molecular complexity index is 880. The average Bonchev–Trinajstić information content (AvgIpc) is 2.59. The predicted octanol–water partition coefficient (Wildman–Crippen LogP) is 4.13. The molecule has 0 radical (unpaired) electrons. The molecule has 27 heavy (non-hydrogen) atoms. The molecular formula is C20H25FN2O3S. The molecule has 2 rings (SSSR count). The maximum absolute atomic E-state index is 13.9. The van der Waals surface area contributed by atoms with E-state index in [9.17, 15) is 17.6 Å². The Hall–Kier alpha value is -2.41. The SMILES string of the molecule is CC(C)c1ccc(NC(=O)CCCN(c2ccccc2F)S(C)(=O)=O)cc1. The van der Waals surface area contributed by atoms with E-state index in [0.717, 1.165) is 10.6 Å². The van der Waals surface area contributed by atoms with Gasteiger partial charge in [-0.3, -0.25) is 9.10 Å². The van der Waals surface area contributed by atoms with Crippen LogP contribution < -0.4 is 9.62 Å². The standard InChI is InChI=1S/C20H25FN2O3S/c1-15(2)16-10-12-17(13-11-16)22-20(24)9-6-14-23(27(3,25)26)19-8-5-4-7-18(19)21/h4-5,7-8,10-13,15H,6,9,14H2,1-3H3,(H,22,24). The highest BCUT2D eigenvalue weighted by molar-refractivity contribution is 7.92. The minimum absolute atomic E-state index is 0.00955. The van der Waals surface area contributed by atoms with Gasteiger partial charge in [0.2, 0.25) is 15.9 Å². The van der Waals surface area contributed by atoms with Crippen molar-refractivity contribution in [2.45, 2.75) is 32.6 Å². The number of sulfonamides is 1. The van der Waals surface area contributed by atoms with Crippen molar-refractivity contribution in [3.8, 4) is 0 Å². The summed E-state index contributed by atoms with van der Waals surface area (Å²) < 4.78 is 38.9. The Kier molecular flexibility index (Phi) is 6.96. The Morgan fingerprint density at radius 2 is 1.74 bits per heavy atom. The van der Waals surface area contributed by atoms with Gasteiger partial charge in [-0.15, -0.1) is 0 Å². The van der Waals surface area contributed by atoms with Crippen LogP contribution in [0, 0.1) is 5.82 Å². The molecule has 1 amide bonds. The summed E-state index contributed by atoms with van der Waals surface area (Å²) in [7, 11) is -3.65. The smallest absolute Gasteiger partial charge is 0.232 e. The molecule has 2 aromatic carbocycles. The number of hydrogen-bond donors (Lipinski definition) is 1. The van der Waals surface area contributed by atoms with Gasteiger partial charge in [0.05, 0.1) is 11.9 Å². The largest absolute Gasteiger partial charge is 0.326 e. The van der Waals surface area contributed by atoms with E-state index in [2.05, 4.69) is 19.2 Å². The number of carbonyl (C=O) groups is 1. The van der Waals surface area contributed by atoms with Crippen LogP contribution in [-0.4, -0.2) is 27.1 Å². The summed E-state index contributed by atoms with van der Waals surface area (Å²) in [6.07, 6.45) is 1.43. The van der Waals surface area contributed by atoms with Crippen molar-refractivity contribution >= 4 is 27.3 Å². The van der Waals surface area contributed by atoms with E-state index in [1.807, 2.05) is 24.3 Å². The fourth-order valence-electron chi connectivity index (χ4n) is 2.68. The monoisotopic (exact) mass is 392 g/mol. The van der Waals surface area contributed by atoms with Gasteiger partial charge >= 0.3 is 0 Å². The topological polar surface area (TPSA) is 66.5 Å². The van der Waals surface area contributed by atoms with Crippen LogP contribution in [0.3, 0.4) is 0 Å². The van der Waals surface area contributed by atoms with Crippen molar-refractivity contribution < 1.29 is 17.6 Å². The third-order valence-corrected chi connectivity index (χ3v) is 5.33. The lowest BCUT2D eigenvalue weighted by molar-refractivity contribution is -0.116. The van der Waals surface area contributed by atoms with E-state index >= 15 is 0 Å². The van der Waals surface area contributed by atoms with Gasteiger partial charge in [0.1, 0.15) is 5.82 Å². The molecular weight excluding hydrogens is 367 g/mol. The number of rotatable bonds is 8. The van der Waals surface area contributed by atoms with E-state index < -0.39 is 15.8 Å². The van der Waals surface area contributed by atoms with Gasteiger partial charge in [-0.2, -0.15) is 0 Å². The van der Waals surface area contributed by atoms with Crippen LogP contribution >= 0.6 is 0 Å². The second-order valence-electron chi connectivity index (χ2n) is 6.71. The van der Waals surface area contributed by atoms with Crippen LogP contribution in [0.4, 0.5) is 15.8 Å². The summed E-state index contributed by atoms with van der Waals surface area (Å²) in [6.45, 7) is 4.22. The molecule has 7 heteroatoms. The lowest BCUT2D eigenvalue weighted by atomic mass is 10.0. The van der Waals surface area contributed by atoms with Crippen molar-refractivity contribution in [3.63, 3.8) is 0 Å². The molecule has 1 N–H and O–H groups in total. The molecule has 0 bridgehead atoms. The molecule has 146 valence electrons. The fourth-order valence-corrected chi connectivity index (χ4v) is 3.64. The van der Waals surface area contributed by atoms with Crippen molar-refractivity contribution in [2.75, 3.05) is 22.4 Å². The molecule has 0 saturated carbocycles. The van der Waals surface area contributed by atoms with Crippen molar-refractivity contribution in [1.29, 1.82) is 0 Å². The molecule has 0 atom stereocenters. The quantitative estimate of drug-likeness (QED) is 0.734. The summed E-state index contributed by atoms with van der Waals surface area (Å²) in [5, 5.41) is 2.79. The number of para-hydroxylation sites is 1. The predicted molar refractivity (Wildman–Crippen MR) is 107 cm³/mol. The van der Waals surface area contributed by atoms with Gasteiger partial charge in [0.25, 0.3) is 0 Å². The summed E-state index contributed by atoms with van der Waals surface area (Å²) in [5.74, 6) is -0.415. The first-order valence-corrected chi connectivity index (χ1v) is 10.7. The van der Waals surface area contributed by atoms with Gasteiger partial charge in [-0.25, -0.2) is 12.8 Å². The fraction of sp³-hybridized carbons (Fsp3) is 0.350. The second-order valence-corrected chi connectivity index (χ2v) is 8.62. The van der Waals surface area contributed by atoms with Gasteiger partial charge in [0, 0.05) is 18.7 Å². The van der Waals surface area contributed by atoms with Crippen LogP contribution in [0.5, 0.6) is 0 Å². The van der Waals surface area contributed by atoms with Crippen LogP contribution in [0.2, 0.25) is 0 Å². The van der Waals surface area contributed by atoms with E-state index in [1.165, 1.54) is 23.8 Å². The van der Waals surface area contributed by atoms with Crippen LogP contribution in [0.1, 0.15) is 38.2 Å². The lowest BCUT2D eigenvalue weighted by Crippen LogP contribution is -2.32. The summed E-state index contributed by atoms with van der Waals surface area (Å²) in [6, 6.07) is 13.3. The average molecular weight is 392 g/mol. The van der Waals surface area contributed by atoms with E-state index in [0.29, 0.717) is 11.6 Å². The Labute approximate surface area is 160 Å². The zero-order valence-corrected chi connectivity index (χ0v) is 16.6. The molecule has 0 unspecified atom stereocenters. The van der Waals surface area contributed by atoms with Gasteiger partial charge in [0.15, 0.2) is 0 Å². The zero-order chi connectivity index (χ0) is 20.0. The first kappa shape index (κ1) is 20.9. The third-order valence-electron chi connectivity index (χ3n) is 4.15. The number of benzene rings is 2. The van der Waals surface area contributed by atoms with E-state index in [-0.39, 0.29) is 31.0 Å². The highest BCUT2D eigenvalue weighted by Gasteiger charge is 2.20. The maximum Gasteiger partial charge on any atom is 0.232 e. The molecule has 0 spiro atoms. The minimum Gasteiger partial charge on any atom is -0.326 e. The molecule has 0 heterocycles. The first-order valence-electron chi connectivity index (χ1n) is 8.80. The Morgan fingerprint density at radius 1 is 1.11 bits per heavy atom. The van der Waals surface area contributed by atoms with E-state index in [1.54, 1.807) is 6.07 Å². The maximum atomic E-state index is 13.9. The molecule has 0 aliphatic heterocycles. The Balaban J connectivity index is 1.94.